The molecule has 1 amide bonds. The fourth-order valence-corrected chi connectivity index (χ4v) is 3.47. The predicted octanol–water partition coefficient (Wildman–Crippen LogP) is 5.85. The first-order valence-corrected chi connectivity index (χ1v) is 11.0. The second-order valence-electron chi connectivity index (χ2n) is 7.92. The molecule has 33 heavy (non-hydrogen) atoms. The Balaban J connectivity index is 1.43. The lowest BCUT2D eigenvalue weighted by Gasteiger charge is -2.19. The SMILES string of the molecule is CC(C)(CF)C(=O)Nc1cccc(NSc2cccc(-c3noc(-c4ccccn4)n3)c2)c1. The Bertz CT molecular complexity index is 1250. The number of amides is 1. The molecule has 2 aromatic heterocycles. The van der Waals surface area contributed by atoms with Crippen LogP contribution < -0.4 is 10.0 Å². The molecule has 0 aliphatic rings. The molecule has 0 saturated carbocycles. The van der Waals surface area contributed by atoms with Crippen LogP contribution >= 0.6 is 11.9 Å². The molecular weight excluding hydrogens is 441 g/mol. The second kappa shape index (κ2) is 9.83. The molecule has 2 aromatic carbocycles. The monoisotopic (exact) mass is 463 g/mol. The van der Waals surface area contributed by atoms with Crippen molar-refractivity contribution in [2.45, 2.75) is 18.7 Å². The van der Waals surface area contributed by atoms with E-state index in [1.165, 1.54) is 11.9 Å². The molecule has 0 spiro atoms. The minimum Gasteiger partial charge on any atom is -0.332 e. The molecule has 0 unspecified atom stereocenters. The summed E-state index contributed by atoms with van der Waals surface area (Å²) >= 11 is 1.40. The second-order valence-corrected chi connectivity index (χ2v) is 8.80. The number of benzene rings is 2. The van der Waals surface area contributed by atoms with Crippen molar-refractivity contribution in [2.75, 3.05) is 16.7 Å². The first kappa shape index (κ1) is 22.5. The Kier molecular flexibility index (Phi) is 6.69. The fraction of sp³-hybridized carbons (Fsp3) is 0.167. The van der Waals surface area contributed by atoms with Gasteiger partial charge in [0.05, 0.1) is 5.41 Å². The van der Waals surface area contributed by atoms with Gasteiger partial charge in [-0.2, -0.15) is 4.98 Å². The standard InChI is InChI=1S/C24H22FN5O2S/c1-24(2,15-25)23(31)27-17-8-6-9-18(14-17)30-33-19-10-5-7-16(13-19)21-28-22(32-29-21)20-11-3-4-12-26-20/h3-14,30H,15H2,1-2H3,(H,27,31). The smallest absolute Gasteiger partial charge is 0.276 e. The summed E-state index contributed by atoms with van der Waals surface area (Å²) in [6, 6.07) is 20.5. The largest absolute Gasteiger partial charge is 0.332 e. The van der Waals surface area contributed by atoms with Gasteiger partial charge in [0.2, 0.25) is 11.7 Å². The van der Waals surface area contributed by atoms with Crippen LogP contribution in [-0.4, -0.2) is 27.7 Å². The first-order chi connectivity index (χ1) is 15.9. The summed E-state index contributed by atoms with van der Waals surface area (Å²) in [5.41, 5.74) is 1.73. The van der Waals surface area contributed by atoms with Crippen molar-refractivity contribution in [3.63, 3.8) is 0 Å². The maximum absolute atomic E-state index is 13.1. The molecule has 0 bridgehead atoms. The van der Waals surface area contributed by atoms with Crippen LogP contribution in [0.5, 0.6) is 0 Å². The van der Waals surface area contributed by atoms with Gasteiger partial charge in [0, 0.05) is 28.0 Å². The van der Waals surface area contributed by atoms with Crippen molar-refractivity contribution in [2.24, 2.45) is 5.41 Å². The van der Waals surface area contributed by atoms with E-state index in [-0.39, 0.29) is 5.91 Å². The van der Waals surface area contributed by atoms with Gasteiger partial charge in [-0.3, -0.25) is 9.78 Å². The van der Waals surface area contributed by atoms with Gasteiger partial charge in [-0.15, -0.1) is 0 Å². The number of aromatic nitrogens is 3. The molecule has 168 valence electrons. The normalized spacial score (nSPS) is 11.2. The van der Waals surface area contributed by atoms with Crippen molar-refractivity contribution in [1.82, 2.24) is 15.1 Å². The van der Waals surface area contributed by atoms with E-state index in [1.807, 2.05) is 54.6 Å². The van der Waals surface area contributed by atoms with Crippen molar-refractivity contribution in [3.8, 4) is 23.0 Å². The van der Waals surface area contributed by atoms with Crippen molar-refractivity contribution in [1.29, 1.82) is 0 Å². The lowest BCUT2D eigenvalue weighted by molar-refractivity contribution is -0.124. The molecule has 0 radical (unpaired) electrons. The molecule has 0 atom stereocenters. The zero-order valence-corrected chi connectivity index (χ0v) is 18.9. The fourth-order valence-electron chi connectivity index (χ4n) is 2.77. The first-order valence-electron chi connectivity index (χ1n) is 10.2. The number of alkyl halides is 1. The predicted molar refractivity (Wildman–Crippen MR) is 127 cm³/mol. The Hall–Kier alpha value is -3.72. The topological polar surface area (TPSA) is 92.9 Å². The summed E-state index contributed by atoms with van der Waals surface area (Å²) < 4.78 is 21.7. The van der Waals surface area contributed by atoms with Gasteiger partial charge < -0.3 is 14.6 Å². The van der Waals surface area contributed by atoms with Gasteiger partial charge >= 0.3 is 0 Å². The molecule has 0 aliphatic heterocycles. The lowest BCUT2D eigenvalue weighted by atomic mass is 9.94. The minimum atomic E-state index is -1.08. The molecule has 9 heteroatoms. The summed E-state index contributed by atoms with van der Waals surface area (Å²) in [4.78, 5) is 21.8. The van der Waals surface area contributed by atoms with Crippen LogP contribution in [0.4, 0.5) is 15.8 Å². The third-order valence-corrected chi connectivity index (χ3v) is 5.59. The average Bonchev–Trinajstić information content (AvgIpc) is 3.34. The number of hydrogen-bond donors (Lipinski definition) is 2. The molecule has 2 N–H and O–H groups in total. The Morgan fingerprint density at radius 1 is 1.06 bits per heavy atom. The van der Waals surface area contributed by atoms with E-state index in [9.17, 15) is 9.18 Å². The maximum Gasteiger partial charge on any atom is 0.276 e. The quantitative estimate of drug-likeness (QED) is 0.317. The number of anilines is 2. The highest BCUT2D eigenvalue weighted by Gasteiger charge is 2.27. The number of hydrogen-bond acceptors (Lipinski definition) is 7. The summed E-state index contributed by atoms with van der Waals surface area (Å²) in [5, 5.41) is 6.82. The van der Waals surface area contributed by atoms with Crippen LogP contribution in [0.25, 0.3) is 23.0 Å². The number of nitrogens with zero attached hydrogens (tertiary/aromatic N) is 3. The van der Waals surface area contributed by atoms with E-state index in [4.69, 9.17) is 4.52 Å². The van der Waals surface area contributed by atoms with Crippen molar-refractivity contribution < 1.29 is 13.7 Å². The molecular formula is C24H22FN5O2S. The Morgan fingerprint density at radius 2 is 1.88 bits per heavy atom. The minimum absolute atomic E-state index is 0.358. The molecule has 4 aromatic rings. The number of carbonyl (C=O) groups is 1. The summed E-state index contributed by atoms with van der Waals surface area (Å²) in [7, 11) is 0. The van der Waals surface area contributed by atoms with Crippen LogP contribution in [-0.2, 0) is 4.79 Å². The van der Waals surface area contributed by atoms with E-state index in [0.29, 0.717) is 23.1 Å². The number of pyridine rings is 1. The van der Waals surface area contributed by atoms with Gasteiger partial charge in [-0.05, 0) is 68.3 Å². The molecule has 7 nitrogen and oxygen atoms in total. The molecule has 2 heterocycles. The van der Waals surface area contributed by atoms with Gasteiger partial charge in [-0.25, -0.2) is 4.39 Å². The van der Waals surface area contributed by atoms with E-state index >= 15 is 0 Å². The molecule has 0 fully saturated rings. The zero-order chi connectivity index (χ0) is 23.3. The lowest BCUT2D eigenvalue weighted by Crippen LogP contribution is -2.32. The highest BCUT2D eigenvalue weighted by atomic mass is 32.2. The van der Waals surface area contributed by atoms with Crippen molar-refractivity contribution >= 4 is 29.2 Å². The van der Waals surface area contributed by atoms with Crippen LogP contribution in [0.15, 0.2) is 82.3 Å². The van der Waals surface area contributed by atoms with Crippen LogP contribution in [0.2, 0.25) is 0 Å². The number of halogens is 1. The summed E-state index contributed by atoms with van der Waals surface area (Å²) in [5.74, 6) is 0.461. The highest BCUT2D eigenvalue weighted by Crippen LogP contribution is 2.28. The maximum atomic E-state index is 13.1. The van der Waals surface area contributed by atoms with Crippen LogP contribution in [0, 0.1) is 5.41 Å². The number of carbonyl (C=O) groups excluding carboxylic acids is 1. The van der Waals surface area contributed by atoms with E-state index in [2.05, 4.69) is 25.2 Å². The summed E-state index contributed by atoms with van der Waals surface area (Å²) in [6.07, 6.45) is 1.67. The van der Waals surface area contributed by atoms with Crippen LogP contribution in [0.1, 0.15) is 13.8 Å². The third-order valence-electron chi connectivity index (χ3n) is 4.76. The van der Waals surface area contributed by atoms with E-state index < -0.39 is 12.1 Å². The van der Waals surface area contributed by atoms with Crippen molar-refractivity contribution in [3.05, 3.63) is 72.9 Å². The molecule has 4 rings (SSSR count). The average molecular weight is 464 g/mol. The summed E-state index contributed by atoms with van der Waals surface area (Å²) in [6.45, 7) is 2.40. The number of nitrogens with one attached hydrogen (secondary N) is 2. The van der Waals surface area contributed by atoms with E-state index in [0.717, 1.165) is 16.1 Å². The molecule has 0 aliphatic carbocycles. The molecule has 0 saturated heterocycles. The van der Waals surface area contributed by atoms with Gasteiger partial charge in [0.1, 0.15) is 12.4 Å². The Morgan fingerprint density at radius 3 is 2.67 bits per heavy atom. The third kappa shape index (κ3) is 5.56. The van der Waals surface area contributed by atoms with Crippen LogP contribution in [0.3, 0.4) is 0 Å². The number of rotatable bonds is 8. The Labute approximate surface area is 195 Å². The van der Waals surface area contributed by atoms with Gasteiger partial charge in [0.15, 0.2) is 0 Å². The highest BCUT2D eigenvalue weighted by molar-refractivity contribution is 8.00. The van der Waals surface area contributed by atoms with Gasteiger partial charge in [0.25, 0.3) is 5.89 Å². The van der Waals surface area contributed by atoms with Gasteiger partial charge in [-0.1, -0.05) is 29.4 Å². The van der Waals surface area contributed by atoms with E-state index in [1.54, 1.807) is 32.2 Å². The zero-order valence-electron chi connectivity index (χ0n) is 18.1.